The molecular weight excluding hydrogens is 384 g/mol. The van der Waals surface area contributed by atoms with Crippen molar-refractivity contribution in [3.8, 4) is 11.5 Å². The lowest BCUT2D eigenvalue weighted by Crippen LogP contribution is -2.10. The van der Waals surface area contributed by atoms with Gasteiger partial charge in [0.15, 0.2) is 5.76 Å². The van der Waals surface area contributed by atoms with Crippen LogP contribution in [-0.4, -0.2) is 11.8 Å². The van der Waals surface area contributed by atoms with Gasteiger partial charge in [-0.25, -0.2) is 0 Å². The van der Waals surface area contributed by atoms with E-state index in [4.69, 9.17) is 9.47 Å². The molecule has 0 N–H and O–H groups in total. The van der Waals surface area contributed by atoms with Crippen molar-refractivity contribution < 1.29 is 19.1 Å². The van der Waals surface area contributed by atoms with Crippen LogP contribution in [0.25, 0.3) is 6.08 Å². The standard InChI is InChI=1S/C20H15BrO4/c1-11-8-15(24-20(23)13-4-5-13)10-16-18(11)19(22)17(25-16)9-12-2-6-14(21)7-3-12/h2-3,6-10,13H,4-5H2,1H3/b17-9-. The number of esters is 1. The van der Waals surface area contributed by atoms with Gasteiger partial charge in [0.05, 0.1) is 11.5 Å². The Morgan fingerprint density at radius 2 is 1.96 bits per heavy atom. The van der Waals surface area contributed by atoms with Crippen LogP contribution in [0.3, 0.4) is 0 Å². The monoisotopic (exact) mass is 398 g/mol. The van der Waals surface area contributed by atoms with E-state index in [1.165, 1.54) is 0 Å². The Hall–Kier alpha value is -2.40. The van der Waals surface area contributed by atoms with Crippen molar-refractivity contribution in [3.63, 3.8) is 0 Å². The summed E-state index contributed by atoms with van der Waals surface area (Å²) in [4.78, 5) is 24.5. The molecule has 0 saturated heterocycles. The van der Waals surface area contributed by atoms with Gasteiger partial charge in [-0.1, -0.05) is 28.1 Å². The lowest BCUT2D eigenvalue weighted by Gasteiger charge is -2.07. The van der Waals surface area contributed by atoms with Crippen molar-refractivity contribution in [2.75, 3.05) is 0 Å². The van der Waals surface area contributed by atoms with Crippen LogP contribution >= 0.6 is 15.9 Å². The summed E-state index contributed by atoms with van der Waals surface area (Å²) in [5.41, 5.74) is 2.13. The molecule has 1 aliphatic carbocycles. The maximum absolute atomic E-state index is 12.6. The van der Waals surface area contributed by atoms with Gasteiger partial charge in [0.25, 0.3) is 0 Å². The Balaban J connectivity index is 1.62. The number of allylic oxidation sites excluding steroid dienone is 1. The molecular formula is C20H15BrO4. The summed E-state index contributed by atoms with van der Waals surface area (Å²) in [5, 5.41) is 0. The van der Waals surface area contributed by atoms with E-state index in [1.54, 1.807) is 18.2 Å². The van der Waals surface area contributed by atoms with Crippen molar-refractivity contribution in [3.05, 3.63) is 63.3 Å². The largest absolute Gasteiger partial charge is 0.452 e. The van der Waals surface area contributed by atoms with Gasteiger partial charge in [-0.3, -0.25) is 9.59 Å². The van der Waals surface area contributed by atoms with Crippen LogP contribution in [0.4, 0.5) is 0 Å². The Kier molecular flexibility index (Phi) is 3.96. The summed E-state index contributed by atoms with van der Waals surface area (Å²) in [5.74, 6) is 0.776. The zero-order valence-corrected chi connectivity index (χ0v) is 15.1. The fraction of sp³-hybridized carbons (Fsp3) is 0.200. The van der Waals surface area contributed by atoms with Crippen LogP contribution in [0.2, 0.25) is 0 Å². The number of ketones is 1. The molecule has 0 radical (unpaired) electrons. The Morgan fingerprint density at radius 3 is 2.64 bits per heavy atom. The van der Waals surface area contributed by atoms with Crippen LogP contribution in [0.1, 0.15) is 34.3 Å². The number of benzene rings is 2. The van der Waals surface area contributed by atoms with Gasteiger partial charge >= 0.3 is 5.97 Å². The van der Waals surface area contributed by atoms with Gasteiger partial charge in [0.1, 0.15) is 11.5 Å². The summed E-state index contributed by atoms with van der Waals surface area (Å²) in [6.45, 7) is 1.82. The number of carbonyl (C=O) groups is 2. The molecule has 4 rings (SSSR count). The lowest BCUT2D eigenvalue weighted by molar-refractivity contribution is -0.135. The maximum Gasteiger partial charge on any atom is 0.314 e. The molecule has 2 aromatic carbocycles. The first-order valence-corrected chi connectivity index (χ1v) is 8.87. The highest BCUT2D eigenvalue weighted by Crippen LogP contribution is 2.38. The van der Waals surface area contributed by atoms with E-state index >= 15 is 0 Å². The normalized spacial score (nSPS) is 17.4. The molecule has 1 fully saturated rings. The molecule has 25 heavy (non-hydrogen) atoms. The van der Waals surface area contributed by atoms with Gasteiger partial charge in [0, 0.05) is 10.5 Å². The van der Waals surface area contributed by atoms with Crippen LogP contribution < -0.4 is 9.47 Å². The molecule has 0 bridgehead atoms. The predicted octanol–water partition coefficient (Wildman–Crippen LogP) is 4.69. The third-order valence-corrected chi connectivity index (χ3v) is 4.77. The van der Waals surface area contributed by atoms with Gasteiger partial charge in [-0.15, -0.1) is 0 Å². The molecule has 2 aromatic rings. The summed E-state index contributed by atoms with van der Waals surface area (Å²) < 4.78 is 12.1. The van der Waals surface area contributed by atoms with Crippen molar-refractivity contribution in [1.82, 2.24) is 0 Å². The minimum Gasteiger partial charge on any atom is -0.452 e. The summed E-state index contributed by atoms with van der Waals surface area (Å²) >= 11 is 3.38. The lowest BCUT2D eigenvalue weighted by atomic mass is 10.0. The number of hydrogen-bond donors (Lipinski definition) is 0. The number of aryl methyl sites for hydroxylation is 1. The third kappa shape index (κ3) is 3.24. The van der Waals surface area contributed by atoms with Crippen LogP contribution in [0, 0.1) is 12.8 Å². The van der Waals surface area contributed by atoms with Gasteiger partial charge in [0.2, 0.25) is 5.78 Å². The fourth-order valence-corrected chi connectivity index (χ4v) is 3.03. The number of carbonyl (C=O) groups excluding carboxylic acids is 2. The average Bonchev–Trinajstić information content (AvgIpc) is 3.36. The molecule has 0 spiro atoms. The minimum absolute atomic E-state index is 0.0176. The van der Waals surface area contributed by atoms with Crippen molar-refractivity contribution in [2.24, 2.45) is 5.92 Å². The molecule has 5 heteroatoms. The van der Waals surface area contributed by atoms with E-state index in [-0.39, 0.29) is 23.4 Å². The average molecular weight is 399 g/mol. The summed E-state index contributed by atoms with van der Waals surface area (Å²) in [6, 6.07) is 10.9. The molecule has 2 aliphatic rings. The van der Waals surface area contributed by atoms with Crippen LogP contribution in [0.5, 0.6) is 11.5 Å². The summed E-state index contributed by atoms with van der Waals surface area (Å²) in [6.07, 6.45) is 3.49. The van der Waals surface area contributed by atoms with E-state index in [0.29, 0.717) is 17.1 Å². The molecule has 1 aliphatic heterocycles. The van der Waals surface area contributed by atoms with Crippen LogP contribution in [-0.2, 0) is 4.79 Å². The van der Waals surface area contributed by atoms with E-state index < -0.39 is 0 Å². The molecule has 0 aromatic heterocycles. The number of Topliss-reactive ketones (excluding diaryl/α,β-unsaturated/α-hetero) is 1. The maximum atomic E-state index is 12.6. The van der Waals surface area contributed by atoms with E-state index in [1.807, 2.05) is 31.2 Å². The quantitative estimate of drug-likeness (QED) is 0.427. The molecule has 126 valence electrons. The van der Waals surface area contributed by atoms with E-state index in [0.717, 1.165) is 28.4 Å². The first-order valence-electron chi connectivity index (χ1n) is 8.07. The molecule has 0 unspecified atom stereocenters. The molecule has 4 nitrogen and oxygen atoms in total. The van der Waals surface area contributed by atoms with Crippen molar-refractivity contribution in [2.45, 2.75) is 19.8 Å². The smallest absolute Gasteiger partial charge is 0.314 e. The predicted molar refractivity (Wildman–Crippen MR) is 96.6 cm³/mol. The zero-order chi connectivity index (χ0) is 17.6. The first kappa shape index (κ1) is 16.1. The van der Waals surface area contributed by atoms with E-state index in [2.05, 4.69) is 15.9 Å². The topological polar surface area (TPSA) is 52.6 Å². The van der Waals surface area contributed by atoms with Crippen LogP contribution in [0.15, 0.2) is 46.6 Å². The molecule has 1 saturated carbocycles. The van der Waals surface area contributed by atoms with Gasteiger partial charge in [-0.2, -0.15) is 0 Å². The second-order valence-electron chi connectivity index (χ2n) is 6.30. The molecule has 1 heterocycles. The second-order valence-corrected chi connectivity index (χ2v) is 7.22. The van der Waals surface area contributed by atoms with Gasteiger partial charge < -0.3 is 9.47 Å². The number of rotatable bonds is 3. The number of fused-ring (bicyclic) bond motifs is 1. The second kappa shape index (κ2) is 6.15. The Morgan fingerprint density at radius 1 is 1.24 bits per heavy atom. The Labute approximate surface area is 153 Å². The summed E-state index contributed by atoms with van der Waals surface area (Å²) in [7, 11) is 0. The zero-order valence-electron chi connectivity index (χ0n) is 13.5. The number of halogens is 1. The fourth-order valence-electron chi connectivity index (χ4n) is 2.77. The van der Waals surface area contributed by atoms with Crippen molar-refractivity contribution >= 4 is 33.8 Å². The highest BCUT2D eigenvalue weighted by molar-refractivity contribution is 9.10. The van der Waals surface area contributed by atoms with Crippen molar-refractivity contribution in [1.29, 1.82) is 0 Å². The Bertz CT molecular complexity index is 908. The third-order valence-electron chi connectivity index (χ3n) is 4.24. The van der Waals surface area contributed by atoms with Gasteiger partial charge in [-0.05, 0) is 55.2 Å². The molecule has 0 atom stereocenters. The first-order chi connectivity index (χ1) is 12.0. The molecule has 0 amide bonds. The van der Waals surface area contributed by atoms with E-state index in [9.17, 15) is 9.59 Å². The number of hydrogen-bond acceptors (Lipinski definition) is 4. The SMILES string of the molecule is Cc1cc(OC(=O)C2CC2)cc2c1C(=O)/C(=C/c1ccc(Br)cc1)O2. The number of ether oxygens (including phenoxy) is 2. The minimum atomic E-state index is -0.214. The highest BCUT2D eigenvalue weighted by atomic mass is 79.9. The highest BCUT2D eigenvalue weighted by Gasteiger charge is 2.33.